The molecule has 4 rings (SSSR count). The lowest BCUT2D eigenvalue weighted by atomic mass is 9.47. The van der Waals surface area contributed by atoms with Gasteiger partial charge in [0.25, 0.3) is 0 Å². The van der Waals surface area contributed by atoms with E-state index in [1.54, 1.807) is 5.57 Å². The molecule has 0 heterocycles. The van der Waals surface area contributed by atoms with E-state index in [1.807, 2.05) is 0 Å². The first kappa shape index (κ1) is 27.5. The molecule has 0 aromatic heterocycles. The monoisotopic (exact) mass is 504 g/mol. The molecular weight excluding hydrogens is 452 g/mol. The predicted molar refractivity (Wildman–Crippen MR) is 147 cm³/mol. The summed E-state index contributed by atoms with van der Waals surface area (Å²) in [4.78, 5) is 12.4. The molecule has 2 nitrogen and oxygen atoms in total. The zero-order valence-electron chi connectivity index (χ0n) is 23.6. The zero-order valence-corrected chi connectivity index (χ0v) is 24.3. The minimum absolute atomic E-state index is 0.0212. The highest BCUT2D eigenvalue weighted by atomic mass is 35.5. The van der Waals surface area contributed by atoms with Crippen LogP contribution in [0.4, 0.5) is 0 Å². The summed E-state index contributed by atoms with van der Waals surface area (Å²) in [5, 5.41) is -0.489. The van der Waals surface area contributed by atoms with Gasteiger partial charge in [-0.05, 0) is 97.7 Å². The molecule has 3 heteroatoms. The number of carbonyl (C=O) groups excluding carboxylic acids is 1. The molecule has 35 heavy (non-hydrogen) atoms. The molecule has 0 aliphatic heterocycles. The van der Waals surface area contributed by atoms with E-state index in [4.69, 9.17) is 16.3 Å². The molecule has 0 bridgehead atoms. The molecule has 0 amide bonds. The summed E-state index contributed by atoms with van der Waals surface area (Å²) in [6, 6.07) is 0. The quantitative estimate of drug-likeness (QED) is 0.177. The van der Waals surface area contributed by atoms with Gasteiger partial charge in [-0.2, -0.15) is 0 Å². The average Bonchev–Trinajstić information content (AvgIpc) is 3.16. The smallest absolute Gasteiger partial charge is 0.324 e. The van der Waals surface area contributed by atoms with Gasteiger partial charge in [0.1, 0.15) is 11.5 Å². The van der Waals surface area contributed by atoms with Crippen molar-refractivity contribution in [1.29, 1.82) is 0 Å². The van der Waals surface area contributed by atoms with Crippen molar-refractivity contribution in [2.75, 3.05) is 0 Å². The Hall–Kier alpha value is -0.500. The second kappa shape index (κ2) is 11.1. The lowest BCUT2D eigenvalue weighted by Gasteiger charge is -2.58. The van der Waals surface area contributed by atoms with E-state index >= 15 is 0 Å². The molecule has 0 spiro atoms. The van der Waals surface area contributed by atoms with Crippen molar-refractivity contribution in [2.45, 2.75) is 136 Å². The van der Waals surface area contributed by atoms with E-state index < -0.39 is 5.38 Å². The SMILES string of the molecule is CCC[C@@H](Cl)C(=O)O[C@@H]1CC[C@@]2(C)C(=CC[C@H]3[C@@H]4CC[C@H]([C@@H](C)CCCC(C)C)[C@@]4(C)CC[C@@H]32)C1. The Morgan fingerprint density at radius 3 is 2.54 bits per heavy atom. The summed E-state index contributed by atoms with van der Waals surface area (Å²) in [5.74, 6) is 4.98. The normalized spacial score (nSPS) is 40.3. The van der Waals surface area contributed by atoms with E-state index in [0.717, 1.165) is 61.2 Å². The van der Waals surface area contributed by atoms with Crippen LogP contribution >= 0.6 is 11.6 Å². The second-order valence-corrected chi connectivity index (χ2v) is 14.4. The molecule has 0 aromatic rings. The summed E-state index contributed by atoms with van der Waals surface area (Å²) in [7, 11) is 0. The Bertz CT molecular complexity index is 774. The molecule has 4 aliphatic carbocycles. The number of carbonyl (C=O) groups is 1. The molecule has 3 saturated carbocycles. The van der Waals surface area contributed by atoms with E-state index in [1.165, 1.54) is 51.4 Å². The van der Waals surface area contributed by atoms with Gasteiger partial charge in [0.05, 0.1) is 0 Å². The van der Waals surface area contributed by atoms with E-state index in [9.17, 15) is 4.79 Å². The number of esters is 1. The Morgan fingerprint density at radius 1 is 1.06 bits per heavy atom. The maximum atomic E-state index is 12.4. The summed E-state index contributed by atoms with van der Waals surface area (Å²) in [6.45, 7) is 14.6. The van der Waals surface area contributed by atoms with Crippen LogP contribution < -0.4 is 0 Å². The highest BCUT2D eigenvalue weighted by molar-refractivity contribution is 6.29. The van der Waals surface area contributed by atoms with Crippen LogP contribution in [0.1, 0.15) is 125 Å². The Labute approximate surface area is 221 Å². The summed E-state index contributed by atoms with van der Waals surface area (Å²) in [6.07, 6.45) is 18.5. The van der Waals surface area contributed by atoms with Gasteiger partial charge in [-0.15, -0.1) is 11.6 Å². The van der Waals surface area contributed by atoms with Crippen molar-refractivity contribution in [3.63, 3.8) is 0 Å². The maximum absolute atomic E-state index is 12.4. The molecule has 0 unspecified atom stereocenters. The molecule has 9 atom stereocenters. The third-order valence-corrected chi connectivity index (χ3v) is 11.7. The van der Waals surface area contributed by atoms with Crippen LogP contribution in [-0.2, 0) is 9.53 Å². The number of hydrogen-bond acceptors (Lipinski definition) is 2. The fraction of sp³-hybridized carbons (Fsp3) is 0.906. The van der Waals surface area contributed by atoms with E-state index in [2.05, 4.69) is 47.6 Å². The topological polar surface area (TPSA) is 26.3 Å². The Kier molecular flexibility index (Phi) is 8.72. The molecule has 0 aromatic carbocycles. The number of ether oxygens (including phenoxy) is 1. The molecule has 3 fully saturated rings. The Balaban J connectivity index is 1.42. The van der Waals surface area contributed by atoms with Crippen molar-refractivity contribution >= 4 is 17.6 Å². The zero-order chi connectivity index (χ0) is 25.4. The van der Waals surface area contributed by atoms with Crippen LogP contribution in [-0.4, -0.2) is 17.5 Å². The minimum Gasteiger partial charge on any atom is -0.461 e. The van der Waals surface area contributed by atoms with Crippen molar-refractivity contribution < 1.29 is 9.53 Å². The Morgan fingerprint density at radius 2 is 1.83 bits per heavy atom. The highest BCUT2D eigenvalue weighted by Crippen LogP contribution is 2.67. The van der Waals surface area contributed by atoms with Crippen molar-refractivity contribution in [1.82, 2.24) is 0 Å². The first-order valence-corrected chi connectivity index (χ1v) is 15.6. The van der Waals surface area contributed by atoms with Gasteiger partial charge in [-0.3, -0.25) is 4.79 Å². The van der Waals surface area contributed by atoms with Crippen LogP contribution in [0.2, 0.25) is 0 Å². The van der Waals surface area contributed by atoms with E-state index in [0.29, 0.717) is 17.3 Å². The molecule has 4 aliphatic rings. The lowest BCUT2D eigenvalue weighted by molar-refractivity contribution is -0.151. The number of alkyl halides is 1. The van der Waals surface area contributed by atoms with Crippen LogP contribution in [0.3, 0.4) is 0 Å². The lowest BCUT2D eigenvalue weighted by Crippen LogP contribution is -2.51. The first-order valence-electron chi connectivity index (χ1n) is 15.1. The summed E-state index contributed by atoms with van der Waals surface area (Å²) >= 11 is 6.26. The maximum Gasteiger partial charge on any atom is 0.324 e. The fourth-order valence-corrected chi connectivity index (χ4v) is 9.63. The molecule has 0 N–H and O–H groups in total. The van der Waals surface area contributed by atoms with Crippen LogP contribution in [0.25, 0.3) is 0 Å². The number of fused-ring (bicyclic) bond motifs is 5. The van der Waals surface area contributed by atoms with Gasteiger partial charge in [0.2, 0.25) is 0 Å². The van der Waals surface area contributed by atoms with Crippen LogP contribution in [0.5, 0.6) is 0 Å². The van der Waals surface area contributed by atoms with Gasteiger partial charge in [-0.1, -0.05) is 78.9 Å². The van der Waals surface area contributed by atoms with Gasteiger partial charge >= 0.3 is 5.97 Å². The highest BCUT2D eigenvalue weighted by Gasteiger charge is 2.59. The second-order valence-electron chi connectivity index (χ2n) is 13.8. The number of hydrogen-bond donors (Lipinski definition) is 0. The molecule has 0 radical (unpaired) electrons. The van der Waals surface area contributed by atoms with Gasteiger partial charge in [0, 0.05) is 6.42 Å². The number of allylic oxidation sites excluding steroid dienone is 1. The summed E-state index contributed by atoms with van der Waals surface area (Å²) in [5.41, 5.74) is 2.43. The minimum atomic E-state index is -0.489. The van der Waals surface area contributed by atoms with Crippen molar-refractivity contribution in [3.05, 3.63) is 11.6 Å². The molecular formula is C32H53ClO2. The fourth-order valence-electron chi connectivity index (χ4n) is 9.36. The van der Waals surface area contributed by atoms with Crippen LogP contribution in [0.15, 0.2) is 11.6 Å². The van der Waals surface area contributed by atoms with Gasteiger partial charge in [-0.25, -0.2) is 0 Å². The van der Waals surface area contributed by atoms with E-state index in [-0.39, 0.29) is 12.1 Å². The molecule has 200 valence electrons. The van der Waals surface area contributed by atoms with Crippen LogP contribution in [0, 0.1) is 46.3 Å². The first-order chi connectivity index (χ1) is 16.6. The standard InChI is InChI=1S/C32H53ClO2/c1-7-9-29(33)30(34)35-24-16-18-31(5)23(20-24)12-13-25-27-15-14-26(22(4)11-8-10-21(2)3)32(27,6)19-17-28(25)31/h12,21-22,24-29H,7-11,13-20H2,1-6H3/t22-,24+,25-,26+,27-,28-,29+,31-,32+/m0/s1. The number of rotatable bonds is 9. The molecule has 0 saturated heterocycles. The largest absolute Gasteiger partial charge is 0.461 e. The predicted octanol–water partition coefficient (Wildman–Crippen LogP) is 9.35. The van der Waals surface area contributed by atoms with Gasteiger partial charge < -0.3 is 4.74 Å². The third kappa shape index (κ3) is 5.39. The van der Waals surface area contributed by atoms with Crippen molar-refractivity contribution in [2.24, 2.45) is 46.3 Å². The summed E-state index contributed by atoms with van der Waals surface area (Å²) < 4.78 is 5.90. The van der Waals surface area contributed by atoms with Crippen molar-refractivity contribution in [3.8, 4) is 0 Å². The number of halogens is 1. The average molecular weight is 505 g/mol. The third-order valence-electron chi connectivity index (χ3n) is 11.3. The van der Waals surface area contributed by atoms with Gasteiger partial charge in [0.15, 0.2) is 0 Å².